The van der Waals surface area contributed by atoms with E-state index in [-0.39, 0.29) is 39.3 Å². The minimum absolute atomic E-state index is 0.0128. The van der Waals surface area contributed by atoms with Crippen LogP contribution in [-0.2, 0) is 5.41 Å². The molecule has 0 aliphatic carbocycles. The Labute approximate surface area is 414 Å². The minimum Gasteiger partial charge on any atom is -0.458 e. The lowest BCUT2D eigenvalue weighted by Gasteiger charge is -2.23. The average Bonchev–Trinajstić information content (AvgIpc) is 4.24. The fourth-order valence-electron chi connectivity index (χ4n) is 9.04. The molecule has 0 amide bonds. The monoisotopic (exact) mass is 893 g/mol. The van der Waals surface area contributed by atoms with Gasteiger partial charge in [-0.2, -0.15) is 0 Å². The van der Waals surface area contributed by atoms with Gasteiger partial charge in [-0.1, -0.05) is 193 Å². The fraction of sp³-hybridized carbons (Fsp3) is 0.143. The molecule has 0 aliphatic rings. The van der Waals surface area contributed by atoms with E-state index in [0.717, 1.165) is 38.5 Å². The van der Waals surface area contributed by atoms with Crippen LogP contribution in [0.25, 0.3) is 83.4 Å². The van der Waals surface area contributed by atoms with E-state index < -0.39 is 66.3 Å². The second-order valence-corrected chi connectivity index (χ2v) is 18.3. The highest BCUT2D eigenvalue weighted by Crippen LogP contribution is 2.40. The SMILES string of the molecule is [2H]c1c([2H])c([2H])c(-c2cccc(-c3c([2H])c([2H])c([2H])c([2H])c3[2H])c2-[n+]2[c-]n(-c3cccc(Oc4ccc5c6ccccc6n(-c6cc(C([2H])(C)C(C)C)c(-c7ccc(C(C)(C)C)cc7)cn6)c5c4)c3)c3ccccc32)c([2H])c1[2H]. The third-order valence-corrected chi connectivity index (χ3v) is 12.8. The topological polar surface area (TPSA) is 35.9 Å². The van der Waals surface area contributed by atoms with E-state index in [4.69, 9.17) is 23.4 Å². The minimum atomic E-state index is -0.962. The Kier molecular flexibility index (Phi) is 8.11. The first kappa shape index (κ1) is 31.8. The van der Waals surface area contributed by atoms with Crippen LogP contribution in [0.1, 0.15) is 73.6 Å². The fourth-order valence-corrected chi connectivity index (χ4v) is 9.04. The first-order valence-corrected chi connectivity index (χ1v) is 22.7. The highest BCUT2D eigenvalue weighted by molar-refractivity contribution is 6.09. The van der Waals surface area contributed by atoms with Crippen molar-refractivity contribution in [3.63, 3.8) is 0 Å². The number of fused-ring (bicyclic) bond motifs is 4. The van der Waals surface area contributed by atoms with Crippen LogP contribution in [0.3, 0.4) is 0 Å². The van der Waals surface area contributed by atoms with Crippen molar-refractivity contribution in [3.8, 4) is 62.1 Å². The zero-order chi connectivity index (χ0) is 56.1. The van der Waals surface area contributed by atoms with E-state index in [2.05, 4.69) is 88.0 Å². The largest absolute Gasteiger partial charge is 0.458 e. The Morgan fingerprint density at radius 1 is 0.603 bits per heavy atom. The molecular formula is C63H54N4O. The molecule has 0 saturated carbocycles. The summed E-state index contributed by atoms with van der Waals surface area (Å²) in [4.78, 5) is 5.14. The number of hydrogen-bond donors (Lipinski definition) is 0. The lowest BCUT2D eigenvalue weighted by atomic mass is 9.84. The van der Waals surface area contributed by atoms with E-state index in [9.17, 15) is 1.37 Å². The van der Waals surface area contributed by atoms with Crippen LogP contribution in [0, 0.1) is 12.2 Å². The van der Waals surface area contributed by atoms with Crippen molar-refractivity contribution in [1.82, 2.24) is 14.1 Å². The molecule has 1 unspecified atom stereocenters. The highest BCUT2D eigenvalue weighted by atomic mass is 16.5. The maximum Gasteiger partial charge on any atom is 0.269 e. The molecule has 0 fully saturated rings. The molecule has 5 heteroatoms. The summed E-state index contributed by atoms with van der Waals surface area (Å²) >= 11 is 0. The molecule has 5 nitrogen and oxygen atoms in total. The van der Waals surface area contributed by atoms with Crippen LogP contribution in [0.15, 0.2) is 206 Å². The molecule has 0 bridgehead atoms. The van der Waals surface area contributed by atoms with E-state index in [1.165, 1.54) is 5.56 Å². The molecule has 8 aromatic carbocycles. The number of hydrogen-bond acceptors (Lipinski definition) is 2. The van der Waals surface area contributed by atoms with Gasteiger partial charge in [0, 0.05) is 30.0 Å². The van der Waals surface area contributed by atoms with Gasteiger partial charge in [0.1, 0.15) is 17.3 Å². The van der Waals surface area contributed by atoms with E-state index >= 15 is 0 Å². The summed E-state index contributed by atoms with van der Waals surface area (Å²) in [5.74, 6) is 0.722. The van der Waals surface area contributed by atoms with Crippen molar-refractivity contribution in [3.05, 3.63) is 224 Å². The molecule has 332 valence electrons. The predicted octanol–water partition coefficient (Wildman–Crippen LogP) is 16.0. The molecule has 0 saturated heterocycles. The maximum absolute atomic E-state index is 9.77. The molecule has 0 spiro atoms. The predicted molar refractivity (Wildman–Crippen MR) is 281 cm³/mol. The van der Waals surface area contributed by atoms with Gasteiger partial charge in [-0.05, 0) is 98.6 Å². The molecule has 11 aromatic rings. The van der Waals surface area contributed by atoms with E-state index in [1.54, 1.807) is 27.3 Å². The first-order valence-electron chi connectivity index (χ1n) is 28.2. The third kappa shape index (κ3) is 7.74. The summed E-state index contributed by atoms with van der Waals surface area (Å²) in [5, 5.41) is 2.02. The van der Waals surface area contributed by atoms with Crippen molar-refractivity contribution in [2.24, 2.45) is 5.92 Å². The van der Waals surface area contributed by atoms with Gasteiger partial charge in [0.15, 0.2) is 0 Å². The van der Waals surface area contributed by atoms with Crippen molar-refractivity contribution in [1.29, 1.82) is 0 Å². The van der Waals surface area contributed by atoms with Crippen LogP contribution in [0.5, 0.6) is 11.5 Å². The highest BCUT2D eigenvalue weighted by Gasteiger charge is 2.23. The van der Waals surface area contributed by atoms with Crippen LogP contribution >= 0.6 is 0 Å². The van der Waals surface area contributed by atoms with Gasteiger partial charge in [-0.15, -0.1) is 0 Å². The van der Waals surface area contributed by atoms with Crippen LogP contribution in [0.2, 0.25) is 0 Å². The molecular weight excluding hydrogens is 829 g/mol. The Balaban J connectivity index is 1.05. The summed E-state index contributed by atoms with van der Waals surface area (Å²) in [5.41, 5.74) is 7.76. The van der Waals surface area contributed by atoms with Crippen molar-refractivity contribution in [2.45, 2.75) is 52.9 Å². The maximum atomic E-state index is 9.77. The summed E-state index contributed by atoms with van der Waals surface area (Å²) in [6, 6.07) is 39.1. The molecule has 0 aliphatic heterocycles. The first-order chi connectivity index (χ1) is 37.6. The molecule has 11 rings (SSSR count). The van der Waals surface area contributed by atoms with Crippen LogP contribution < -0.4 is 9.30 Å². The molecule has 0 N–H and O–H groups in total. The molecule has 68 heavy (non-hydrogen) atoms. The van der Waals surface area contributed by atoms with Crippen molar-refractivity contribution < 1.29 is 24.4 Å². The van der Waals surface area contributed by atoms with Gasteiger partial charge in [-0.25, -0.2) is 4.98 Å². The van der Waals surface area contributed by atoms with Gasteiger partial charge in [0.2, 0.25) is 0 Å². The number of imidazole rings is 1. The molecule has 0 radical (unpaired) electrons. The number of benzene rings is 8. The Bertz CT molecular complexity index is 4140. The second-order valence-electron chi connectivity index (χ2n) is 18.3. The zero-order valence-corrected chi connectivity index (χ0v) is 38.6. The Morgan fingerprint density at radius 2 is 1.24 bits per heavy atom. The van der Waals surface area contributed by atoms with Crippen LogP contribution in [0.4, 0.5) is 0 Å². The average molecular weight is 894 g/mol. The number of aromatic nitrogens is 4. The standard InChI is InChI=1S/C63H54N4O/c1-42(2)43(3)55-39-61(64-40-56(55)46-31-33-47(34-32-46)63(4,5)6)67-57-28-14-13-25-53(57)54-36-35-50(38-60(54)67)68-49-24-17-23-48(37-49)65-41-66(59-30-16-15-29-58(59)65)62-51(44-19-9-7-10-20-44)26-18-27-52(62)45-21-11-8-12-22-45/h7-40,42-43H,1-6H3/i7D,8D,9D,10D,11D,12D,19D,20D,21D,22D,43D. The molecule has 1 atom stereocenters. The van der Waals surface area contributed by atoms with E-state index in [1.807, 2.05) is 92.0 Å². The molecule has 3 heterocycles. The second kappa shape index (κ2) is 17.3. The zero-order valence-electron chi connectivity index (χ0n) is 49.6. The van der Waals surface area contributed by atoms with Crippen molar-refractivity contribution in [2.75, 3.05) is 0 Å². The van der Waals surface area contributed by atoms with Gasteiger partial charge in [-0.3, -0.25) is 13.7 Å². The number of ether oxygens (including phenoxy) is 1. The number of para-hydroxylation sites is 4. The van der Waals surface area contributed by atoms with Gasteiger partial charge >= 0.3 is 0 Å². The van der Waals surface area contributed by atoms with Gasteiger partial charge in [0.25, 0.3) is 6.33 Å². The van der Waals surface area contributed by atoms with Gasteiger partial charge < -0.3 is 4.74 Å². The normalized spacial score (nSPS) is 15.1. The van der Waals surface area contributed by atoms with Crippen LogP contribution in [-0.4, -0.2) is 14.1 Å². The van der Waals surface area contributed by atoms with Crippen molar-refractivity contribution >= 4 is 32.8 Å². The summed E-state index contributed by atoms with van der Waals surface area (Å²) in [6.07, 6.45) is 5.35. The lowest BCUT2D eigenvalue weighted by Crippen LogP contribution is -2.31. The quantitative estimate of drug-likeness (QED) is 0.101. The van der Waals surface area contributed by atoms with E-state index in [0.29, 0.717) is 34.0 Å². The van der Waals surface area contributed by atoms with Gasteiger partial charge in [0.05, 0.1) is 47.1 Å². The third-order valence-electron chi connectivity index (χ3n) is 12.8. The number of rotatable bonds is 10. The smallest absolute Gasteiger partial charge is 0.269 e. The Morgan fingerprint density at radius 3 is 1.93 bits per heavy atom. The molecule has 3 aromatic heterocycles. The number of pyridine rings is 1. The summed E-state index contributed by atoms with van der Waals surface area (Å²) in [7, 11) is 0. The Hall–Kier alpha value is -8.02. The lowest BCUT2D eigenvalue weighted by molar-refractivity contribution is -0.571. The summed E-state index contributed by atoms with van der Waals surface area (Å²) in [6.45, 7) is 12.7. The summed E-state index contributed by atoms with van der Waals surface area (Å²) < 4.78 is 109. The number of nitrogens with zero attached hydrogens (tertiary/aromatic N) is 4.